The maximum Gasteiger partial charge on any atom is 0.139 e. The van der Waals surface area contributed by atoms with Crippen molar-refractivity contribution in [1.29, 1.82) is 0 Å². The van der Waals surface area contributed by atoms with Crippen molar-refractivity contribution in [2.24, 2.45) is 10.9 Å². The molecule has 0 bridgehead atoms. The standard InChI is InChI=1S/C9H21N3O3/c1-15-8-6-12(5-7-13)4-2-3-9(10)11-14/h13-14H,2-8H2,1H3,(H2,10,11). The summed E-state index contributed by atoms with van der Waals surface area (Å²) in [7, 11) is 1.65. The summed E-state index contributed by atoms with van der Waals surface area (Å²) in [6.07, 6.45) is 1.37. The molecule has 6 nitrogen and oxygen atoms in total. The first-order valence-electron chi connectivity index (χ1n) is 5.03. The van der Waals surface area contributed by atoms with Gasteiger partial charge >= 0.3 is 0 Å². The van der Waals surface area contributed by atoms with Gasteiger partial charge in [-0.1, -0.05) is 5.16 Å². The lowest BCUT2D eigenvalue weighted by atomic mass is 10.2. The fourth-order valence-corrected chi connectivity index (χ4v) is 1.23. The molecule has 0 heterocycles. The number of nitrogens with zero attached hydrogens (tertiary/aromatic N) is 2. The number of aliphatic hydroxyl groups is 1. The molecule has 4 N–H and O–H groups in total. The third-order valence-corrected chi connectivity index (χ3v) is 2.06. The van der Waals surface area contributed by atoms with Crippen molar-refractivity contribution in [1.82, 2.24) is 4.90 Å². The zero-order chi connectivity index (χ0) is 11.5. The number of hydrogen-bond donors (Lipinski definition) is 3. The molecule has 6 heteroatoms. The van der Waals surface area contributed by atoms with Crippen molar-refractivity contribution in [3.05, 3.63) is 0 Å². The highest BCUT2D eigenvalue weighted by Crippen LogP contribution is 1.95. The van der Waals surface area contributed by atoms with Crippen LogP contribution in [0.15, 0.2) is 5.16 Å². The van der Waals surface area contributed by atoms with E-state index >= 15 is 0 Å². The zero-order valence-electron chi connectivity index (χ0n) is 9.22. The van der Waals surface area contributed by atoms with Gasteiger partial charge in [0, 0.05) is 26.6 Å². The molecule has 0 saturated carbocycles. The molecule has 90 valence electrons. The van der Waals surface area contributed by atoms with Crippen molar-refractivity contribution >= 4 is 5.84 Å². The largest absolute Gasteiger partial charge is 0.409 e. The second-order valence-corrected chi connectivity index (χ2v) is 3.25. The van der Waals surface area contributed by atoms with Crippen LogP contribution < -0.4 is 5.73 Å². The van der Waals surface area contributed by atoms with Crippen LogP contribution in [0.3, 0.4) is 0 Å². The molecule has 0 spiro atoms. The third kappa shape index (κ3) is 8.17. The Morgan fingerprint density at radius 1 is 1.40 bits per heavy atom. The second kappa shape index (κ2) is 9.70. The first-order valence-corrected chi connectivity index (χ1v) is 5.03. The monoisotopic (exact) mass is 219 g/mol. The molecule has 0 aromatic carbocycles. The third-order valence-electron chi connectivity index (χ3n) is 2.06. The maximum atomic E-state index is 8.82. The van der Waals surface area contributed by atoms with Crippen LogP contribution >= 0.6 is 0 Å². The van der Waals surface area contributed by atoms with Gasteiger partial charge in [0.2, 0.25) is 0 Å². The van der Waals surface area contributed by atoms with Gasteiger partial charge in [0.15, 0.2) is 0 Å². The van der Waals surface area contributed by atoms with Gasteiger partial charge in [-0.25, -0.2) is 0 Å². The molecule has 0 unspecified atom stereocenters. The maximum absolute atomic E-state index is 8.82. The van der Waals surface area contributed by atoms with Gasteiger partial charge < -0.3 is 20.8 Å². The summed E-state index contributed by atoms with van der Waals surface area (Å²) in [6.45, 7) is 2.99. The number of aliphatic hydroxyl groups excluding tert-OH is 1. The van der Waals surface area contributed by atoms with Crippen molar-refractivity contribution in [2.75, 3.05) is 40.0 Å². The van der Waals surface area contributed by atoms with Gasteiger partial charge in [-0.05, 0) is 13.0 Å². The Morgan fingerprint density at radius 2 is 2.13 bits per heavy atom. The van der Waals surface area contributed by atoms with E-state index in [9.17, 15) is 0 Å². The van der Waals surface area contributed by atoms with Gasteiger partial charge in [-0.15, -0.1) is 0 Å². The Bertz CT molecular complexity index is 176. The zero-order valence-corrected chi connectivity index (χ0v) is 9.22. The van der Waals surface area contributed by atoms with Gasteiger partial charge in [0.1, 0.15) is 5.84 Å². The smallest absolute Gasteiger partial charge is 0.139 e. The molecule has 0 aromatic heterocycles. The lowest BCUT2D eigenvalue weighted by molar-refractivity contribution is 0.130. The van der Waals surface area contributed by atoms with E-state index in [0.29, 0.717) is 19.6 Å². The van der Waals surface area contributed by atoms with Crippen LogP contribution in [-0.4, -0.2) is 61.0 Å². The van der Waals surface area contributed by atoms with E-state index in [1.165, 1.54) is 0 Å². The van der Waals surface area contributed by atoms with E-state index in [1.54, 1.807) is 7.11 Å². The second-order valence-electron chi connectivity index (χ2n) is 3.25. The molecular formula is C9H21N3O3. The average Bonchev–Trinajstić information content (AvgIpc) is 2.25. The van der Waals surface area contributed by atoms with E-state index in [4.69, 9.17) is 20.8 Å². The number of nitrogens with two attached hydrogens (primary N) is 1. The lowest BCUT2D eigenvalue weighted by Gasteiger charge is -2.20. The number of oxime groups is 1. The molecule has 0 radical (unpaired) electrons. The summed E-state index contributed by atoms with van der Waals surface area (Å²) in [5.74, 6) is 0.241. The van der Waals surface area contributed by atoms with Crippen molar-refractivity contribution in [3.63, 3.8) is 0 Å². The summed E-state index contributed by atoms with van der Waals surface area (Å²) in [4.78, 5) is 2.08. The molecule has 15 heavy (non-hydrogen) atoms. The number of methoxy groups -OCH3 is 1. The van der Waals surface area contributed by atoms with E-state index in [0.717, 1.165) is 19.5 Å². The van der Waals surface area contributed by atoms with E-state index in [1.807, 2.05) is 0 Å². The van der Waals surface area contributed by atoms with Crippen LogP contribution in [0.1, 0.15) is 12.8 Å². The normalized spacial score (nSPS) is 12.3. The Kier molecular flexibility index (Phi) is 9.15. The number of hydrogen-bond acceptors (Lipinski definition) is 5. The minimum Gasteiger partial charge on any atom is -0.409 e. The minimum atomic E-state index is 0.132. The molecule has 0 amide bonds. The Labute approximate surface area is 90.3 Å². The summed E-state index contributed by atoms with van der Waals surface area (Å²) in [5.41, 5.74) is 5.34. The van der Waals surface area contributed by atoms with Crippen LogP contribution in [0.4, 0.5) is 0 Å². The molecule has 0 rings (SSSR count). The predicted octanol–water partition coefficient (Wildman–Crippen LogP) is -0.546. The fourth-order valence-electron chi connectivity index (χ4n) is 1.23. The highest BCUT2D eigenvalue weighted by Gasteiger charge is 2.04. The van der Waals surface area contributed by atoms with E-state index in [2.05, 4.69) is 10.1 Å². The molecule has 0 aliphatic carbocycles. The van der Waals surface area contributed by atoms with Crippen molar-refractivity contribution < 1.29 is 15.1 Å². The Morgan fingerprint density at radius 3 is 2.67 bits per heavy atom. The van der Waals surface area contributed by atoms with Crippen LogP contribution in [-0.2, 0) is 4.74 Å². The van der Waals surface area contributed by atoms with Gasteiger partial charge in [0.05, 0.1) is 13.2 Å². The van der Waals surface area contributed by atoms with Crippen LogP contribution in [0, 0.1) is 0 Å². The highest BCUT2D eigenvalue weighted by atomic mass is 16.5. The number of rotatable bonds is 9. The van der Waals surface area contributed by atoms with Crippen molar-refractivity contribution in [3.8, 4) is 0 Å². The molecule has 0 atom stereocenters. The average molecular weight is 219 g/mol. The summed E-state index contributed by atoms with van der Waals surface area (Å²) in [5, 5.41) is 20.0. The van der Waals surface area contributed by atoms with E-state index in [-0.39, 0.29) is 12.4 Å². The summed E-state index contributed by atoms with van der Waals surface area (Å²) >= 11 is 0. The quantitative estimate of drug-likeness (QED) is 0.209. The molecule has 0 aliphatic rings. The Balaban J connectivity index is 3.64. The molecule has 0 saturated heterocycles. The Hall–Kier alpha value is -0.850. The van der Waals surface area contributed by atoms with Gasteiger partial charge in [-0.3, -0.25) is 4.90 Å². The minimum absolute atomic E-state index is 0.132. The van der Waals surface area contributed by atoms with Gasteiger partial charge in [-0.2, -0.15) is 0 Å². The molecular weight excluding hydrogens is 198 g/mol. The van der Waals surface area contributed by atoms with Crippen molar-refractivity contribution in [2.45, 2.75) is 12.8 Å². The molecule has 0 aliphatic heterocycles. The summed E-state index contributed by atoms with van der Waals surface area (Å²) < 4.78 is 4.96. The first kappa shape index (κ1) is 14.2. The molecule has 0 fully saturated rings. The molecule has 0 aromatic rings. The topological polar surface area (TPSA) is 91.3 Å². The van der Waals surface area contributed by atoms with E-state index < -0.39 is 0 Å². The SMILES string of the molecule is COCCN(CCO)CCCC(N)=NO. The summed E-state index contributed by atoms with van der Waals surface area (Å²) in [6, 6.07) is 0. The van der Waals surface area contributed by atoms with Crippen LogP contribution in [0.25, 0.3) is 0 Å². The lowest BCUT2D eigenvalue weighted by Crippen LogP contribution is -2.31. The first-order chi connectivity index (χ1) is 7.24. The van der Waals surface area contributed by atoms with Crippen LogP contribution in [0.5, 0.6) is 0 Å². The van der Waals surface area contributed by atoms with Gasteiger partial charge in [0.25, 0.3) is 0 Å². The number of amidine groups is 1. The number of ether oxygens (including phenoxy) is 1. The highest BCUT2D eigenvalue weighted by molar-refractivity contribution is 5.79. The van der Waals surface area contributed by atoms with Crippen LogP contribution in [0.2, 0.25) is 0 Å². The predicted molar refractivity (Wildman–Crippen MR) is 58.0 cm³/mol. The fraction of sp³-hybridized carbons (Fsp3) is 0.889.